The molecule has 4 aromatic carbocycles. The standard InChI is InChI=1S/C29H21ClN2O2S/c30-24-15-16-25-26(17-24)31-29(32(28(25)34)18-20-7-3-1-4-8-20)35-19-27(33)23-13-11-22(12-14-23)21-9-5-2-6-10-21/h1-17H,18-19H2. The zero-order valence-electron chi connectivity index (χ0n) is 18.7. The number of hydrogen-bond acceptors (Lipinski definition) is 4. The normalized spacial score (nSPS) is 11.0. The van der Waals surface area contributed by atoms with E-state index in [0.29, 0.717) is 33.2 Å². The van der Waals surface area contributed by atoms with Gasteiger partial charge >= 0.3 is 0 Å². The fourth-order valence-electron chi connectivity index (χ4n) is 3.88. The summed E-state index contributed by atoms with van der Waals surface area (Å²) in [4.78, 5) is 31.0. The Hall–Kier alpha value is -3.67. The second-order valence-corrected chi connectivity index (χ2v) is 9.47. The van der Waals surface area contributed by atoms with Crippen molar-refractivity contribution in [3.63, 3.8) is 0 Å². The first-order chi connectivity index (χ1) is 17.1. The summed E-state index contributed by atoms with van der Waals surface area (Å²) in [6, 6.07) is 32.4. The van der Waals surface area contributed by atoms with Gasteiger partial charge in [-0.2, -0.15) is 0 Å². The number of thioether (sulfide) groups is 1. The van der Waals surface area contributed by atoms with E-state index in [1.807, 2.05) is 84.9 Å². The molecule has 35 heavy (non-hydrogen) atoms. The van der Waals surface area contributed by atoms with Crippen LogP contribution in [0.15, 0.2) is 113 Å². The molecule has 0 spiro atoms. The van der Waals surface area contributed by atoms with Gasteiger partial charge in [0.2, 0.25) is 0 Å². The van der Waals surface area contributed by atoms with Gasteiger partial charge in [-0.1, -0.05) is 108 Å². The van der Waals surface area contributed by atoms with Crippen molar-refractivity contribution in [1.29, 1.82) is 0 Å². The number of carbonyl (C=O) groups excluding carboxylic acids is 1. The second-order valence-electron chi connectivity index (χ2n) is 8.09. The van der Waals surface area contributed by atoms with E-state index in [1.54, 1.807) is 22.8 Å². The summed E-state index contributed by atoms with van der Waals surface area (Å²) in [5.74, 6) is 0.138. The van der Waals surface area contributed by atoms with Crippen LogP contribution in [0, 0.1) is 0 Å². The lowest BCUT2D eigenvalue weighted by atomic mass is 10.0. The predicted molar refractivity (Wildman–Crippen MR) is 143 cm³/mol. The fourth-order valence-corrected chi connectivity index (χ4v) is 4.94. The Morgan fingerprint density at radius 2 is 1.49 bits per heavy atom. The zero-order chi connectivity index (χ0) is 24.2. The molecular formula is C29H21ClN2O2S. The van der Waals surface area contributed by atoms with Gasteiger partial charge in [0.15, 0.2) is 10.9 Å². The maximum atomic E-state index is 13.3. The molecule has 0 saturated carbocycles. The van der Waals surface area contributed by atoms with E-state index in [4.69, 9.17) is 16.6 Å². The van der Waals surface area contributed by atoms with Crippen LogP contribution in [0.3, 0.4) is 0 Å². The molecule has 0 aliphatic heterocycles. The number of rotatable bonds is 7. The summed E-state index contributed by atoms with van der Waals surface area (Å²) in [5, 5.41) is 1.50. The molecule has 6 heteroatoms. The first-order valence-electron chi connectivity index (χ1n) is 11.1. The van der Waals surface area contributed by atoms with E-state index in [2.05, 4.69) is 0 Å². The average molecular weight is 497 g/mol. The Labute approximate surface area is 212 Å². The fraction of sp³-hybridized carbons (Fsp3) is 0.0690. The summed E-state index contributed by atoms with van der Waals surface area (Å²) in [6.07, 6.45) is 0. The Kier molecular flexibility index (Phi) is 6.80. The summed E-state index contributed by atoms with van der Waals surface area (Å²) in [5.41, 5.74) is 4.13. The van der Waals surface area contributed by atoms with Crippen molar-refractivity contribution in [1.82, 2.24) is 9.55 Å². The van der Waals surface area contributed by atoms with Crippen LogP contribution in [0.5, 0.6) is 0 Å². The number of carbonyl (C=O) groups is 1. The highest BCUT2D eigenvalue weighted by atomic mass is 35.5. The van der Waals surface area contributed by atoms with Crippen LogP contribution in [0.2, 0.25) is 5.02 Å². The van der Waals surface area contributed by atoms with Crippen molar-refractivity contribution < 1.29 is 4.79 Å². The third kappa shape index (κ3) is 5.21. The van der Waals surface area contributed by atoms with E-state index in [9.17, 15) is 9.59 Å². The predicted octanol–water partition coefficient (Wildman–Crippen LogP) is 6.74. The van der Waals surface area contributed by atoms with Gasteiger partial charge < -0.3 is 0 Å². The maximum Gasteiger partial charge on any atom is 0.262 e. The van der Waals surface area contributed by atoms with Crippen molar-refractivity contribution in [2.24, 2.45) is 0 Å². The Morgan fingerprint density at radius 1 is 0.829 bits per heavy atom. The lowest BCUT2D eigenvalue weighted by Gasteiger charge is -2.13. The SMILES string of the molecule is O=C(CSc1nc2cc(Cl)ccc2c(=O)n1Cc1ccccc1)c1ccc(-c2ccccc2)cc1. The molecule has 0 N–H and O–H groups in total. The van der Waals surface area contributed by atoms with Crippen LogP contribution in [-0.4, -0.2) is 21.1 Å². The number of nitrogens with zero attached hydrogens (tertiary/aromatic N) is 2. The zero-order valence-corrected chi connectivity index (χ0v) is 20.3. The first-order valence-corrected chi connectivity index (χ1v) is 12.5. The Balaban J connectivity index is 1.42. The number of hydrogen-bond donors (Lipinski definition) is 0. The van der Waals surface area contributed by atoms with Crippen LogP contribution < -0.4 is 5.56 Å². The maximum absolute atomic E-state index is 13.3. The van der Waals surface area contributed by atoms with Crippen LogP contribution in [0.4, 0.5) is 0 Å². The minimum atomic E-state index is -0.155. The van der Waals surface area contributed by atoms with Gasteiger partial charge in [-0.25, -0.2) is 4.98 Å². The number of halogens is 1. The smallest absolute Gasteiger partial charge is 0.262 e. The van der Waals surface area contributed by atoms with Gasteiger partial charge in [-0.15, -0.1) is 0 Å². The molecule has 0 aliphatic rings. The monoisotopic (exact) mass is 496 g/mol. The lowest BCUT2D eigenvalue weighted by molar-refractivity contribution is 0.102. The van der Waals surface area contributed by atoms with E-state index < -0.39 is 0 Å². The largest absolute Gasteiger partial charge is 0.293 e. The molecule has 5 rings (SSSR count). The van der Waals surface area contributed by atoms with Crippen molar-refractivity contribution in [2.75, 3.05) is 5.75 Å². The van der Waals surface area contributed by atoms with Crippen LogP contribution in [0.25, 0.3) is 22.0 Å². The van der Waals surface area contributed by atoms with E-state index in [0.717, 1.165) is 16.7 Å². The van der Waals surface area contributed by atoms with E-state index in [1.165, 1.54) is 11.8 Å². The highest BCUT2D eigenvalue weighted by Crippen LogP contribution is 2.24. The van der Waals surface area contributed by atoms with Crippen LogP contribution in [0.1, 0.15) is 15.9 Å². The van der Waals surface area contributed by atoms with Crippen molar-refractivity contribution in [3.05, 3.63) is 130 Å². The summed E-state index contributed by atoms with van der Waals surface area (Å²) >= 11 is 7.41. The van der Waals surface area contributed by atoms with Crippen molar-refractivity contribution >= 4 is 40.0 Å². The van der Waals surface area contributed by atoms with Gasteiger partial charge in [-0.3, -0.25) is 14.2 Å². The molecule has 1 heterocycles. The first kappa shape index (κ1) is 23.1. The number of fused-ring (bicyclic) bond motifs is 1. The third-order valence-electron chi connectivity index (χ3n) is 5.71. The molecule has 4 nitrogen and oxygen atoms in total. The highest BCUT2D eigenvalue weighted by Gasteiger charge is 2.15. The molecule has 1 aromatic heterocycles. The molecule has 0 atom stereocenters. The summed E-state index contributed by atoms with van der Waals surface area (Å²) in [7, 11) is 0. The number of ketones is 1. The molecule has 5 aromatic rings. The second kappa shape index (κ2) is 10.3. The van der Waals surface area contributed by atoms with E-state index >= 15 is 0 Å². The molecule has 0 aliphatic carbocycles. The van der Waals surface area contributed by atoms with Gasteiger partial charge in [0.25, 0.3) is 5.56 Å². The minimum absolute atomic E-state index is 0.0266. The molecule has 0 amide bonds. The molecular weight excluding hydrogens is 476 g/mol. The number of benzene rings is 4. The molecule has 172 valence electrons. The Bertz CT molecular complexity index is 1550. The third-order valence-corrected chi connectivity index (χ3v) is 6.92. The summed E-state index contributed by atoms with van der Waals surface area (Å²) in [6.45, 7) is 0.369. The van der Waals surface area contributed by atoms with Gasteiger partial charge in [0, 0.05) is 10.6 Å². The van der Waals surface area contributed by atoms with Crippen LogP contribution in [-0.2, 0) is 6.54 Å². The lowest BCUT2D eigenvalue weighted by Crippen LogP contribution is -2.24. The summed E-state index contributed by atoms with van der Waals surface area (Å²) < 4.78 is 1.63. The number of Topliss-reactive ketones (excluding diaryl/α,β-unsaturated/α-hetero) is 1. The van der Waals surface area contributed by atoms with Crippen LogP contribution >= 0.6 is 23.4 Å². The quantitative estimate of drug-likeness (QED) is 0.142. The van der Waals surface area contributed by atoms with Gasteiger partial charge in [-0.05, 0) is 34.9 Å². The molecule has 0 fully saturated rings. The van der Waals surface area contributed by atoms with Crippen molar-refractivity contribution in [3.8, 4) is 11.1 Å². The van der Waals surface area contributed by atoms with Gasteiger partial charge in [0.1, 0.15) is 0 Å². The Morgan fingerprint density at radius 3 is 2.20 bits per heavy atom. The molecule has 0 unspecified atom stereocenters. The molecule has 0 bridgehead atoms. The van der Waals surface area contributed by atoms with Gasteiger partial charge in [0.05, 0.1) is 23.2 Å². The number of aromatic nitrogens is 2. The minimum Gasteiger partial charge on any atom is -0.293 e. The molecule has 0 radical (unpaired) electrons. The van der Waals surface area contributed by atoms with Crippen molar-refractivity contribution in [2.45, 2.75) is 11.7 Å². The highest BCUT2D eigenvalue weighted by molar-refractivity contribution is 7.99. The topological polar surface area (TPSA) is 52.0 Å². The molecule has 0 saturated heterocycles. The average Bonchev–Trinajstić information content (AvgIpc) is 2.90. The van der Waals surface area contributed by atoms with E-state index in [-0.39, 0.29) is 17.1 Å².